The molecule has 10 nitrogen and oxygen atoms in total. The third-order valence-electron chi connectivity index (χ3n) is 8.43. The second-order valence-corrected chi connectivity index (χ2v) is 12.6. The number of nitriles is 1. The molecule has 12 heteroatoms. The highest BCUT2D eigenvalue weighted by molar-refractivity contribution is 7.90. The van der Waals surface area contributed by atoms with Crippen molar-refractivity contribution in [1.82, 2.24) is 19.6 Å². The van der Waals surface area contributed by atoms with Crippen LogP contribution in [-0.4, -0.2) is 62.1 Å². The molecule has 2 aliphatic heterocycles. The van der Waals surface area contributed by atoms with E-state index in [1.807, 2.05) is 12.3 Å². The number of piperidine rings is 1. The number of hydrogen-bond acceptors (Lipinski definition) is 8. The van der Waals surface area contributed by atoms with E-state index in [4.69, 9.17) is 14.5 Å². The van der Waals surface area contributed by atoms with E-state index in [2.05, 4.69) is 15.0 Å². The van der Waals surface area contributed by atoms with E-state index in [0.29, 0.717) is 28.8 Å². The summed E-state index contributed by atoms with van der Waals surface area (Å²) >= 11 is 0. The fraction of sp³-hybridized carbons (Fsp3) is 0.464. The summed E-state index contributed by atoms with van der Waals surface area (Å²) in [6.45, 7) is 2.59. The van der Waals surface area contributed by atoms with Gasteiger partial charge < -0.3 is 14.8 Å². The Labute approximate surface area is 232 Å². The van der Waals surface area contributed by atoms with Gasteiger partial charge in [-0.15, -0.1) is 0 Å². The first kappa shape index (κ1) is 26.8. The summed E-state index contributed by atoms with van der Waals surface area (Å²) < 4.78 is 55.6. The number of rotatable bonds is 7. The van der Waals surface area contributed by atoms with Gasteiger partial charge >= 0.3 is 10.2 Å². The molecule has 1 aromatic heterocycles. The van der Waals surface area contributed by atoms with Crippen LogP contribution in [0.5, 0.6) is 11.5 Å². The Balaban J connectivity index is 1.23. The molecule has 1 aliphatic carbocycles. The summed E-state index contributed by atoms with van der Waals surface area (Å²) in [6.07, 6.45) is 6.78. The van der Waals surface area contributed by atoms with E-state index in [1.165, 1.54) is 30.3 Å². The summed E-state index contributed by atoms with van der Waals surface area (Å²) in [6, 6.07) is 9.20. The Kier molecular flexibility index (Phi) is 7.08. The third kappa shape index (κ3) is 5.10. The van der Waals surface area contributed by atoms with E-state index in [1.54, 1.807) is 18.2 Å². The SMILES string of the molecule is CO[C@H]1CCN(S(=O)(=O)Nc2ccc(F)c(Oc3ccc4ncc(C5CC6(CCNCC6)C5)nc4c3)c2C#N)C1. The normalized spacial score (nSPS) is 21.3. The maximum Gasteiger partial charge on any atom is 0.301 e. The molecule has 3 heterocycles. The van der Waals surface area contributed by atoms with Gasteiger partial charge in [0.15, 0.2) is 11.6 Å². The molecule has 1 atom stereocenters. The molecule has 3 aromatic rings. The van der Waals surface area contributed by atoms with Crippen molar-refractivity contribution in [3.05, 3.63) is 53.6 Å². The number of nitrogens with one attached hydrogen (secondary N) is 2. The quantitative estimate of drug-likeness (QED) is 0.438. The Hall–Kier alpha value is -3.37. The number of anilines is 1. The zero-order valence-corrected chi connectivity index (χ0v) is 23.0. The molecule has 1 spiro atoms. The van der Waals surface area contributed by atoms with Gasteiger partial charge in [-0.3, -0.25) is 9.71 Å². The Morgan fingerprint density at radius 2 is 2.00 bits per heavy atom. The largest absolute Gasteiger partial charge is 0.453 e. The molecule has 2 N–H and O–H groups in total. The van der Waals surface area contributed by atoms with Crippen LogP contribution in [0.3, 0.4) is 0 Å². The van der Waals surface area contributed by atoms with E-state index in [9.17, 15) is 18.1 Å². The molecule has 0 bridgehead atoms. The number of nitrogens with zero attached hydrogens (tertiary/aromatic N) is 4. The average molecular weight is 567 g/mol. The summed E-state index contributed by atoms with van der Waals surface area (Å²) in [5.74, 6) is -0.530. The van der Waals surface area contributed by atoms with Crippen molar-refractivity contribution in [3.63, 3.8) is 0 Å². The number of benzene rings is 2. The molecule has 2 aromatic carbocycles. The van der Waals surface area contributed by atoms with E-state index >= 15 is 0 Å². The van der Waals surface area contributed by atoms with Gasteiger partial charge in [-0.2, -0.15) is 18.0 Å². The first-order chi connectivity index (χ1) is 19.3. The molecule has 210 valence electrons. The van der Waals surface area contributed by atoms with Crippen LogP contribution in [0.1, 0.15) is 49.3 Å². The van der Waals surface area contributed by atoms with E-state index < -0.39 is 16.0 Å². The summed E-state index contributed by atoms with van der Waals surface area (Å²) in [7, 11) is -2.46. The number of ether oxygens (including phenoxy) is 2. The van der Waals surface area contributed by atoms with Crippen molar-refractivity contribution in [3.8, 4) is 17.6 Å². The molecule has 2 saturated heterocycles. The zero-order chi connectivity index (χ0) is 27.9. The van der Waals surface area contributed by atoms with Crippen molar-refractivity contribution < 1.29 is 22.3 Å². The highest BCUT2D eigenvalue weighted by Gasteiger charge is 2.45. The minimum atomic E-state index is -3.99. The molecule has 0 radical (unpaired) electrons. The zero-order valence-electron chi connectivity index (χ0n) is 22.2. The van der Waals surface area contributed by atoms with Crippen LogP contribution in [0.15, 0.2) is 36.5 Å². The lowest BCUT2D eigenvalue weighted by Gasteiger charge is -2.50. The van der Waals surface area contributed by atoms with Gasteiger partial charge in [-0.25, -0.2) is 9.37 Å². The maximum absolute atomic E-state index is 14.9. The molecular weight excluding hydrogens is 535 g/mol. The first-order valence-corrected chi connectivity index (χ1v) is 14.9. The molecule has 40 heavy (non-hydrogen) atoms. The minimum absolute atomic E-state index is 0.0699. The predicted octanol–water partition coefficient (Wildman–Crippen LogP) is 4.06. The van der Waals surface area contributed by atoms with Crippen LogP contribution >= 0.6 is 0 Å². The molecule has 6 rings (SSSR count). The fourth-order valence-electron chi connectivity index (χ4n) is 6.11. The van der Waals surface area contributed by atoms with Crippen LogP contribution in [0.4, 0.5) is 10.1 Å². The van der Waals surface area contributed by atoms with Crippen LogP contribution in [0.25, 0.3) is 11.0 Å². The smallest absolute Gasteiger partial charge is 0.301 e. The van der Waals surface area contributed by atoms with Crippen molar-refractivity contribution in [2.75, 3.05) is 38.0 Å². The lowest BCUT2D eigenvalue weighted by Crippen LogP contribution is -2.44. The minimum Gasteiger partial charge on any atom is -0.453 e. The van der Waals surface area contributed by atoms with Crippen LogP contribution in [0.2, 0.25) is 0 Å². The summed E-state index contributed by atoms with van der Waals surface area (Å²) in [5.41, 5.74) is 2.31. The van der Waals surface area contributed by atoms with Crippen LogP contribution in [0, 0.1) is 22.6 Å². The van der Waals surface area contributed by atoms with Crippen molar-refractivity contribution >= 4 is 26.9 Å². The van der Waals surface area contributed by atoms with Gasteiger partial charge in [0, 0.05) is 38.4 Å². The average Bonchev–Trinajstić information content (AvgIpc) is 3.44. The molecule has 0 amide bonds. The van der Waals surface area contributed by atoms with Gasteiger partial charge in [-0.1, -0.05) is 0 Å². The van der Waals surface area contributed by atoms with Crippen LogP contribution in [-0.2, 0) is 14.9 Å². The number of methoxy groups -OCH3 is 1. The second-order valence-electron chi connectivity index (χ2n) is 10.9. The molecule has 3 fully saturated rings. The summed E-state index contributed by atoms with van der Waals surface area (Å²) in [4.78, 5) is 9.42. The standard InChI is InChI=1S/C28H31FN6O4S/c1-38-20-6-11-35(17-20)40(36,37)34-23-5-3-22(29)27(21(23)15-30)39-19-2-4-24-25(12-19)33-26(16-32-24)18-13-28(14-18)7-9-31-10-8-28/h2-5,12,16,18,20,31,34H,6-11,13-14,17H2,1H3/t20-/m0/s1. The topological polar surface area (TPSA) is 129 Å². The lowest BCUT2D eigenvalue weighted by atomic mass is 9.57. The van der Waals surface area contributed by atoms with Gasteiger partial charge in [0.1, 0.15) is 17.4 Å². The lowest BCUT2D eigenvalue weighted by molar-refractivity contribution is 0.0586. The Morgan fingerprint density at radius 1 is 1.20 bits per heavy atom. The Morgan fingerprint density at radius 3 is 2.73 bits per heavy atom. The second kappa shape index (κ2) is 10.6. The van der Waals surface area contributed by atoms with Gasteiger partial charge in [0.25, 0.3) is 0 Å². The van der Waals surface area contributed by atoms with Crippen LogP contribution < -0.4 is 14.8 Å². The molecule has 3 aliphatic rings. The number of aromatic nitrogens is 2. The highest BCUT2D eigenvalue weighted by Crippen LogP contribution is 2.55. The van der Waals surface area contributed by atoms with E-state index in [-0.39, 0.29) is 41.9 Å². The molecular formula is C28H31FN6O4S. The first-order valence-electron chi connectivity index (χ1n) is 13.5. The van der Waals surface area contributed by atoms with Crippen molar-refractivity contribution in [2.45, 2.75) is 44.1 Å². The van der Waals surface area contributed by atoms with Gasteiger partial charge in [0.2, 0.25) is 0 Å². The monoisotopic (exact) mass is 566 g/mol. The third-order valence-corrected chi connectivity index (χ3v) is 9.92. The number of hydrogen-bond donors (Lipinski definition) is 2. The predicted molar refractivity (Wildman–Crippen MR) is 147 cm³/mol. The fourth-order valence-corrected chi connectivity index (χ4v) is 7.39. The van der Waals surface area contributed by atoms with Gasteiger partial charge in [-0.05, 0) is 74.9 Å². The maximum atomic E-state index is 14.9. The van der Waals surface area contributed by atoms with Crippen molar-refractivity contribution in [2.24, 2.45) is 5.41 Å². The van der Waals surface area contributed by atoms with Gasteiger partial charge in [0.05, 0.1) is 28.5 Å². The molecule has 1 saturated carbocycles. The number of halogens is 1. The van der Waals surface area contributed by atoms with E-state index in [0.717, 1.165) is 37.7 Å². The van der Waals surface area contributed by atoms with Crippen molar-refractivity contribution in [1.29, 1.82) is 5.26 Å². The Bertz CT molecular complexity index is 1580. The summed E-state index contributed by atoms with van der Waals surface area (Å²) in [5, 5.41) is 13.3. The highest BCUT2D eigenvalue weighted by atomic mass is 32.2. The molecule has 0 unspecified atom stereocenters. The number of fused-ring (bicyclic) bond motifs is 1.